The van der Waals surface area contributed by atoms with Crippen molar-refractivity contribution in [1.82, 2.24) is 15.3 Å². The summed E-state index contributed by atoms with van der Waals surface area (Å²) in [7, 11) is 0. The number of allylic oxidation sites excluding steroid dienone is 2. The molecule has 0 unspecified atom stereocenters. The lowest BCUT2D eigenvalue weighted by molar-refractivity contribution is -0.133. The smallest absolute Gasteiger partial charge is 0.334 e. The van der Waals surface area contributed by atoms with Gasteiger partial charge in [0.05, 0.1) is 29.1 Å². The molecule has 2 rings (SSSR count). The number of aliphatic carboxylic acids is 2. The molecule has 0 saturated carbocycles. The molecule has 0 saturated heterocycles. The quantitative estimate of drug-likeness (QED) is 0.658. The van der Waals surface area contributed by atoms with Gasteiger partial charge in [0.2, 0.25) is 0 Å². The Morgan fingerprint density at radius 1 is 1.10 bits per heavy atom. The molecule has 0 bridgehead atoms. The van der Waals surface area contributed by atoms with E-state index < -0.39 is 17.9 Å². The zero-order valence-corrected chi connectivity index (χ0v) is 11.3. The van der Waals surface area contributed by atoms with Crippen LogP contribution in [0, 0.1) is 6.92 Å². The molecule has 2 heterocycles. The van der Waals surface area contributed by atoms with Gasteiger partial charge >= 0.3 is 11.9 Å². The number of carboxylic acid groups (broad SMARTS) is 2. The number of carbonyl (C=O) groups is 2. The van der Waals surface area contributed by atoms with Crippen molar-refractivity contribution < 1.29 is 19.8 Å². The van der Waals surface area contributed by atoms with Crippen LogP contribution >= 0.6 is 0 Å². The number of dihydropyridines is 1. The van der Waals surface area contributed by atoms with Gasteiger partial charge in [-0.25, -0.2) is 14.6 Å². The van der Waals surface area contributed by atoms with Crippen LogP contribution in [0.4, 0.5) is 0 Å². The molecule has 0 radical (unpaired) electrons. The molecule has 4 N–H and O–H groups in total. The highest BCUT2D eigenvalue weighted by Gasteiger charge is 2.38. The molecule has 1 aliphatic heterocycles. The summed E-state index contributed by atoms with van der Waals surface area (Å²) in [5.41, 5.74) is 1.92. The first kappa shape index (κ1) is 13.9. The average molecular weight is 277 g/mol. The van der Waals surface area contributed by atoms with Crippen LogP contribution in [0.5, 0.6) is 0 Å². The fourth-order valence-corrected chi connectivity index (χ4v) is 2.49. The molecule has 1 aromatic heterocycles. The minimum Gasteiger partial charge on any atom is -0.478 e. The molecule has 0 amide bonds. The molecule has 7 nitrogen and oxygen atoms in total. The molecule has 1 aromatic rings. The Morgan fingerprint density at radius 3 is 1.95 bits per heavy atom. The van der Waals surface area contributed by atoms with Crippen molar-refractivity contribution in [2.75, 3.05) is 0 Å². The zero-order chi connectivity index (χ0) is 15.0. The van der Waals surface area contributed by atoms with E-state index in [9.17, 15) is 19.8 Å². The summed E-state index contributed by atoms with van der Waals surface area (Å²) in [5.74, 6) is -3.21. The minimum atomic E-state index is -1.16. The molecular weight excluding hydrogens is 262 g/mol. The fourth-order valence-electron chi connectivity index (χ4n) is 2.49. The SMILES string of the molecule is CC1=C(C(=O)O)C(c2nc[nH]c2C)C(C(=O)O)=C(C)N1. The summed E-state index contributed by atoms with van der Waals surface area (Å²) in [4.78, 5) is 30.0. The fraction of sp³-hybridized carbons (Fsp3) is 0.308. The first-order valence-corrected chi connectivity index (χ1v) is 5.99. The highest BCUT2D eigenvalue weighted by atomic mass is 16.4. The van der Waals surface area contributed by atoms with Crippen LogP contribution in [0.3, 0.4) is 0 Å². The van der Waals surface area contributed by atoms with Crippen molar-refractivity contribution in [3.05, 3.63) is 40.3 Å². The van der Waals surface area contributed by atoms with Gasteiger partial charge in [0.25, 0.3) is 0 Å². The van der Waals surface area contributed by atoms with Gasteiger partial charge in [-0.3, -0.25) is 0 Å². The third kappa shape index (κ3) is 2.07. The monoisotopic (exact) mass is 277 g/mol. The lowest BCUT2D eigenvalue weighted by atomic mass is 9.82. The Labute approximate surface area is 115 Å². The van der Waals surface area contributed by atoms with E-state index in [0.717, 1.165) is 0 Å². The van der Waals surface area contributed by atoms with Crippen LogP contribution in [0.1, 0.15) is 31.2 Å². The van der Waals surface area contributed by atoms with Gasteiger partial charge in [0, 0.05) is 17.1 Å². The van der Waals surface area contributed by atoms with E-state index in [0.29, 0.717) is 22.8 Å². The number of carboxylic acids is 2. The third-order valence-electron chi connectivity index (χ3n) is 3.36. The van der Waals surface area contributed by atoms with Crippen molar-refractivity contribution in [3.8, 4) is 0 Å². The van der Waals surface area contributed by atoms with Crippen molar-refractivity contribution >= 4 is 11.9 Å². The number of nitrogens with zero attached hydrogens (tertiary/aromatic N) is 1. The van der Waals surface area contributed by atoms with Crippen molar-refractivity contribution in [2.45, 2.75) is 26.7 Å². The summed E-state index contributed by atoms with van der Waals surface area (Å²) >= 11 is 0. The van der Waals surface area contributed by atoms with Crippen LogP contribution in [-0.2, 0) is 9.59 Å². The van der Waals surface area contributed by atoms with E-state index in [1.165, 1.54) is 6.33 Å². The number of imidazole rings is 1. The molecule has 106 valence electrons. The summed E-state index contributed by atoms with van der Waals surface area (Å²) in [5, 5.41) is 21.6. The van der Waals surface area contributed by atoms with Gasteiger partial charge in [-0.2, -0.15) is 0 Å². The van der Waals surface area contributed by atoms with Crippen LogP contribution < -0.4 is 5.32 Å². The number of hydrogen-bond acceptors (Lipinski definition) is 4. The summed E-state index contributed by atoms with van der Waals surface area (Å²) in [6.45, 7) is 4.95. The summed E-state index contributed by atoms with van der Waals surface area (Å²) < 4.78 is 0. The Hall–Kier alpha value is -2.57. The molecule has 0 spiro atoms. The lowest BCUT2D eigenvalue weighted by Gasteiger charge is -2.27. The van der Waals surface area contributed by atoms with Gasteiger partial charge < -0.3 is 20.5 Å². The van der Waals surface area contributed by atoms with Crippen molar-refractivity contribution in [1.29, 1.82) is 0 Å². The number of rotatable bonds is 3. The Bertz CT molecular complexity index is 618. The third-order valence-corrected chi connectivity index (χ3v) is 3.36. The van der Waals surface area contributed by atoms with Crippen LogP contribution in [-0.4, -0.2) is 32.1 Å². The van der Waals surface area contributed by atoms with Gasteiger partial charge in [0.15, 0.2) is 0 Å². The molecule has 1 aliphatic rings. The molecule has 7 heteroatoms. The van der Waals surface area contributed by atoms with Crippen molar-refractivity contribution in [2.24, 2.45) is 0 Å². The lowest BCUT2D eigenvalue weighted by Crippen LogP contribution is -2.31. The van der Waals surface area contributed by atoms with E-state index in [4.69, 9.17) is 0 Å². The van der Waals surface area contributed by atoms with Gasteiger partial charge in [0.1, 0.15) is 0 Å². The van der Waals surface area contributed by atoms with E-state index in [1.807, 2.05) is 0 Å². The standard InChI is InChI=1S/C13H15N3O4/c1-5-8(12(17)18)10(11-7(3)14-4-15-11)9(13(19)20)6(2)16-5/h4,10,16H,1-3H3,(H,14,15)(H,17,18)(H,19,20). The molecule has 20 heavy (non-hydrogen) atoms. The molecule has 0 atom stereocenters. The van der Waals surface area contributed by atoms with E-state index in [2.05, 4.69) is 15.3 Å². The molecule has 0 aliphatic carbocycles. The van der Waals surface area contributed by atoms with E-state index >= 15 is 0 Å². The Morgan fingerprint density at radius 2 is 1.60 bits per heavy atom. The highest BCUT2D eigenvalue weighted by Crippen LogP contribution is 2.38. The van der Waals surface area contributed by atoms with Crippen LogP contribution in [0.2, 0.25) is 0 Å². The second-order valence-electron chi connectivity index (χ2n) is 4.66. The molecule has 0 fully saturated rings. The molecular formula is C13H15N3O4. The Kier molecular flexibility index (Phi) is 3.35. The molecule has 0 aromatic carbocycles. The maximum absolute atomic E-state index is 11.5. The summed E-state index contributed by atoms with van der Waals surface area (Å²) in [6, 6.07) is 0. The Balaban J connectivity index is 2.71. The maximum Gasteiger partial charge on any atom is 0.334 e. The van der Waals surface area contributed by atoms with Gasteiger partial charge in [-0.1, -0.05) is 0 Å². The predicted octanol–water partition coefficient (Wildman–Crippen LogP) is 1.12. The van der Waals surface area contributed by atoms with Crippen molar-refractivity contribution in [3.63, 3.8) is 0 Å². The van der Waals surface area contributed by atoms with Crippen LogP contribution in [0.25, 0.3) is 0 Å². The predicted molar refractivity (Wildman–Crippen MR) is 69.9 cm³/mol. The normalized spacial score (nSPS) is 16.4. The average Bonchev–Trinajstić information content (AvgIpc) is 2.72. The topological polar surface area (TPSA) is 115 Å². The van der Waals surface area contributed by atoms with Gasteiger partial charge in [-0.15, -0.1) is 0 Å². The maximum atomic E-state index is 11.5. The number of aryl methyl sites for hydroxylation is 1. The van der Waals surface area contributed by atoms with E-state index in [-0.39, 0.29) is 11.1 Å². The first-order chi connectivity index (χ1) is 9.34. The number of aromatic nitrogens is 2. The van der Waals surface area contributed by atoms with E-state index in [1.54, 1.807) is 20.8 Å². The number of H-pyrrole nitrogens is 1. The first-order valence-electron chi connectivity index (χ1n) is 5.99. The number of hydrogen-bond donors (Lipinski definition) is 4. The summed E-state index contributed by atoms with van der Waals surface area (Å²) in [6.07, 6.45) is 1.43. The number of aromatic amines is 1. The second-order valence-corrected chi connectivity index (χ2v) is 4.66. The van der Waals surface area contributed by atoms with Crippen LogP contribution in [0.15, 0.2) is 28.9 Å². The minimum absolute atomic E-state index is 0.00296. The largest absolute Gasteiger partial charge is 0.478 e. The zero-order valence-electron chi connectivity index (χ0n) is 11.3. The van der Waals surface area contributed by atoms with Gasteiger partial charge in [-0.05, 0) is 20.8 Å². The highest BCUT2D eigenvalue weighted by molar-refractivity contribution is 5.98. The second kappa shape index (κ2) is 4.84. The number of nitrogens with one attached hydrogen (secondary N) is 2.